The van der Waals surface area contributed by atoms with Crippen LogP contribution in [-0.2, 0) is 4.74 Å². The van der Waals surface area contributed by atoms with Crippen LogP contribution in [-0.4, -0.2) is 62.5 Å². The van der Waals surface area contributed by atoms with Gasteiger partial charge in [0.2, 0.25) is 0 Å². The molecule has 1 saturated carbocycles. The summed E-state index contributed by atoms with van der Waals surface area (Å²) in [5.74, 6) is 2.11. The lowest BCUT2D eigenvalue weighted by Gasteiger charge is -2.27. The average molecular weight is 297 g/mol. The summed E-state index contributed by atoms with van der Waals surface area (Å²) in [4.78, 5) is 6.57. The molecule has 2 N–H and O–H groups in total. The number of nitrogens with zero attached hydrogens (tertiary/aromatic N) is 2. The zero-order chi connectivity index (χ0) is 15.1. The van der Waals surface area contributed by atoms with Gasteiger partial charge in [-0.3, -0.25) is 4.99 Å². The minimum Gasteiger partial charge on any atom is -0.393 e. The number of guanidine groups is 1. The van der Waals surface area contributed by atoms with E-state index in [1.54, 1.807) is 0 Å². The normalized spacial score (nSPS) is 27.9. The van der Waals surface area contributed by atoms with Gasteiger partial charge in [-0.1, -0.05) is 6.42 Å². The van der Waals surface area contributed by atoms with Crippen molar-refractivity contribution in [2.45, 2.75) is 44.6 Å². The highest BCUT2D eigenvalue weighted by Crippen LogP contribution is 2.24. The minimum atomic E-state index is -0.136. The Morgan fingerprint density at radius 1 is 1.29 bits per heavy atom. The van der Waals surface area contributed by atoms with Crippen molar-refractivity contribution in [3.8, 4) is 0 Å². The van der Waals surface area contributed by atoms with Gasteiger partial charge in [0, 0.05) is 46.3 Å². The molecule has 2 fully saturated rings. The molecule has 1 heterocycles. The summed E-state index contributed by atoms with van der Waals surface area (Å²) in [7, 11) is 3.93. The third kappa shape index (κ3) is 5.15. The number of rotatable bonds is 5. The topological polar surface area (TPSA) is 57.1 Å². The van der Waals surface area contributed by atoms with E-state index in [1.807, 2.05) is 7.05 Å². The molecule has 2 rings (SSSR count). The second kappa shape index (κ2) is 8.59. The van der Waals surface area contributed by atoms with E-state index in [9.17, 15) is 5.11 Å². The van der Waals surface area contributed by atoms with Crippen molar-refractivity contribution in [1.29, 1.82) is 0 Å². The van der Waals surface area contributed by atoms with E-state index in [0.717, 1.165) is 57.4 Å². The Labute approximate surface area is 128 Å². The van der Waals surface area contributed by atoms with Gasteiger partial charge in [0.15, 0.2) is 5.96 Å². The van der Waals surface area contributed by atoms with Crippen LogP contribution in [0.2, 0.25) is 0 Å². The van der Waals surface area contributed by atoms with E-state index in [1.165, 1.54) is 19.3 Å². The molecule has 0 aromatic carbocycles. The van der Waals surface area contributed by atoms with E-state index in [-0.39, 0.29) is 6.10 Å². The molecular formula is C16H31N3O2. The number of aliphatic hydroxyl groups is 1. The lowest BCUT2D eigenvalue weighted by atomic mass is 9.96. The molecule has 21 heavy (non-hydrogen) atoms. The summed E-state index contributed by atoms with van der Waals surface area (Å²) in [5.41, 5.74) is 0. The number of hydrogen-bond acceptors (Lipinski definition) is 3. The maximum Gasteiger partial charge on any atom is 0.193 e. The van der Waals surface area contributed by atoms with Crippen molar-refractivity contribution < 1.29 is 9.84 Å². The molecule has 2 atom stereocenters. The molecule has 122 valence electrons. The monoisotopic (exact) mass is 297 g/mol. The number of hydrogen-bond donors (Lipinski definition) is 2. The van der Waals surface area contributed by atoms with Crippen molar-refractivity contribution in [2.75, 3.05) is 40.4 Å². The summed E-state index contributed by atoms with van der Waals surface area (Å²) in [5, 5.41) is 13.3. The minimum absolute atomic E-state index is 0.136. The third-order valence-corrected chi connectivity index (χ3v) is 4.93. The van der Waals surface area contributed by atoms with Crippen LogP contribution in [0.4, 0.5) is 0 Å². The van der Waals surface area contributed by atoms with Crippen molar-refractivity contribution in [3.05, 3.63) is 0 Å². The first-order valence-electron chi connectivity index (χ1n) is 8.38. The smallest absolute Gasteiger partial charge is 0.193 e. The highest BCUT2D eigenvalue weighted by Gasteiger charge is 2.25. The number of ether oxygens (including phenoxy) is 1. The van der Waals surface area contributed by atoms with Gasteiger partial charge in [0.25, 0.3) is 0 Å². The summed E-state index contributed by atoms with van der Waals surface area (Å²) in [6, 6.07) is 0. The van der Waals surface area contributed by atoms with Gasteiger partial charge in [-0.15, -0.1) is 0 Å². The van der Waals surface area contributed by atoms with Crippen molar-refractivity contribution in [3.63, 3.8) is 0 Å². The number of aliphatic hydroxyl groups excluding tert-OH is 1. The molecule has 2 aliphatic rings. The van der Waals surface area contributed by atoms with E-state index in [2.05, 4.69) is 22.3 Å². The van der Waals surface area contributed by atoms with Crippen LogP contribution in [0.1, 0.15) is 38.5 Å². The summed E-state index contributed by atoms with van der Waals surface area (Å²) in [6.45, 7) is 3.69. The number of nitrogens with one attached hydrogen (secondary N) is 1. The zero-order valence-corrected chi connectivity index (χ0v) is 13.6. The van der Waals surface area contributed by atoms with E-state index >= 15 is 0 Å². The molecule has 0 aromatic rings. The fourth-order valence-electron chi connectivity index (χ4n) is 3.38. The molecule has 1 aliphatic heterocycles. The standard InChI is InChI=1S/C16H31N3O2/c1-17-16(18-12-14-4-3-5-15(14)20)19(2)9-6-13-7-10-21-11-8-13/h13-15,20H,3-12H2,1-2H3,(H,17,18). The molecule has 0 amide bonds. The lowest BCUT2D eigenvalue weighted by molar-refractivity contribution is 0.0625. The average Bonchev–Trinajstić information content (AvgIpc) is 2.92. The van der Waals surface area contributed by atoms with Gasteiger partial charge in [-0.25, -0.2) is 0 Å². The van der Waals surface area contributed by atoms with Crippen molar-refractivity contribution in [1.82, 2.24) is 10.2 Å². The lowest BCUT2D eigenvalue weighted by Crippen LogP contribution is -2.42. The van der Waals surface area contributed by atoms with E-state index in [0.29, 0.717) is 5.92 Å². The largest absolute Gasteiger partial charge is 0.393 e. The molecule has 5 nitrogen and oxygen atoms in total. The van der Waals surface area contributed by atoms with Crippen LogP contribution in [0.25, 0.3) is 0 Å². The first kappa shape index (κ1) is 16.6. The maximum atomic E-state index is 9.88. The van der Waals surface area contributed by atoms with E-state index in [4.69, 9.17) is 4.74 Å². The Kier molecular flexibility index (Phi) is 6.77. The molecule has 0 bridgehead atoms. The fourth-order valence-corrected chi connectivity index (χ4v) is 3.38. The van der Waals surface area contributed by atoms with Crippen LogP contribution in [0, 0.1) is 11.8 Å². The van der Waals surface area contributed by atoms with Crippen LogP contribution in [0.5, 0.6) is 0 Å². The fraction of sp³-hybridized carbons (Fsp3) is 0.938. The summed E-state index contributed by atoms with van der Waals surface area (Å²) in [6.07, 6.45) is 6.66. The predicted molar refractivity (Wildman–Crippen MR) is 85.5 cm³/mol. The van der Waals surface area contributed by atoms with Crippen molar-refractivity contribution in [2.24, 2.45) is 16.8 Å². The maximum absolute atomic E-state index is 9.88. The SMILES string of the molecule is CN=C(NCC1CCCC1O)N(C)CCC1CCOCC1. The van der Waals surface area contributed by atoms with Gasteiger partial charge in [-0.2, -0.15) is 0 Å². The van der Waals surface area contributed by atoms with E-state index < -0.39 is 0 Å². The van der Waals surface area contributed by atoms with Gasteiger partial charge < -0.3 is 20.1 Å². The first-order valence-corrected chi connectivity index (χ1v) is 8.38. The molecule has 1 saturated heterocycles. The highest BCUT2D eigenvalue weighted by molar-refractivity contribution is 5.79. The second-order valence-electron chi connectivity index (χ2n) is 6.45. The zero-order valence-electron chi connectivity index (χ0n) is 13.6. The Hall–Kier alpha value is -0.810. The first-order chi connectivity index (χ1) is 10.2. The quantitative estimate of drug-likeness (QED) is 0.596. The molecule has 5 heteroatoms. The molecule has 0 aromatic heterocycles. The molecular weight excluding hydrogens is 266 g/mol. The Bertz CT molecular complexity index is 329. The third-order valence-electron chi connectivity index (χ3n) is 4.93. The summed E-state index contributed by atoms with van der Waals surface area (Å²) >= 11 is 0. The van der Waals surface area contributed by atoms with Crippen LogP contribution in [0.15, 0.2) is 4.99 Å². The predicted octanol–water partition coefficient (Wildman–Crippen LogP) is 1.47. The second-order valence-corrected chi connectivity index (χ2v) is 6.45. The van der Waals surface area contributed by atoms with Gasteiger partial charge in [0.1, 0.15) is 0 Å². The Morgan fingerprint density at radius 3 is 2.67 bits per heavy atom. The molecule has 2 unspecified atom stereocenters. The van der Waals surface area contributed by atoms with Crippen LogP contribution in [0.3, 0.4) is 0 Å². The Balaban J connectivity index is 1.69. The van der Waals surface area contributed by atoms with Crippen LogP contribution < -0.4 is 5.32 Å². The van der Waals surface area contributed by atoms with Gasteiger partial charge in [-0.05, 0) is 38.0 Å². The Morgan fingerprint density at radius 2 is 2.05 bits per heavy atom. The summed E-state index contributed by atoms with van der Waals surface area (Å²) < 4.78 is 5.41. The number of aliphatic imine (C=N–C) groups is 1. The van der Waals surface area contributed by atoms with Crippen molar-refractivity contribution >= 4 is 5.96 Å². The van der Waals surface area contributed by atoms with Gasteiger partial charge >= 0.3 is 0 Å². The van der Waals surface area contributed by atoms with Gasteiger partial charge in [0.05, 0.1) is 6.10 Å². The molecule has 0 spiro atoms. The molecule has 0 radical (unpaired) electrons. The van der Waals surface area contributed by atoms with Crippen LogP contribution >= 0.6 is 0 Å². The highest BCUT2D eigenvalue weighted by atomic mass is 16.5. The molecule has 1 aliphatic carbocycles.